The molecule has 0 spiro atoms. The molecule has 47 heavy (non-hydrogen) atoms. The van der Waals surface area contributed by atoms with Gasteiger partial charge in [0.15, 0.2) is 11.6 Å². The number of nitrogen functional groups attached to an aromatic ring is 1. The van der Waals surface area contributed by atoms with Gasteiger partial charge in [-0.05, 0) is 37.8 Å². The van der Waals surface area contributed by atoms with Crippen molar-refractivity contribution in [1.29, 1.82) is 5.26 Å². The average Bonchev–Trinajstić information content (AvgIpc) is 3.69. The van der Waals surface area contributed by atoms with Crippen molar-refractivity contribution in [2.45, 2.75) is 37.3 Å². The Morgan fingerprint density at radius 2 is 2.09 bits per heavy atom. The van der Waals surface area contributed by atoms with Crippen LogP contribution >= 0.6 is 22.9 Å². The van der Waals surface area contributed by atoms with E-state index in [1.165, 1.54) is 0 Å². The van der Waals surface area contributed by atoms with Gasteiger partial charge in [0.05, 0.1) is 43.7 Å². The summed E-state index contributed by atoms with van der Waals surface area (Å²) in [7, 11) is 0. The first kappa shape index (κ1) is 30.3. The Morgan fingerprint density at radius 3 is 2.87 bits per heavy atom. The van der Waals surface area contributed by atoms with Crippen LogP contribution in [0.1, 0.15) is 36.8 Å². The van der Waals surface area contributed by atoms with Gasteiger partial charge in [-0.15, -0.1) is 11.3 Å². The number of nitrogens with one attached hydrogen (secondary N) is 1. The van der Waals surface area contributed by atoms with Crippen LogP contribution < -0.4 is 20.7 Å². The van der Waals surface area contributed by atoms with Crippen LogP contribution in [0.25, 0.3) is 37.8 Å². The Bertz CT molecular complexity index is 2110. The highest BCUT2D eigenvalue weighted by atomic mass is 35.5. The molecule has 1 unspecified atom stereocenters. The van der Waals surface area contributed by atoms with Crippen LogP contribution in [-0.2, 0) is 0 Å². The lowest BCUT2D eigenvalue weighted by molar-refractivity contribution is 0.108. The zero-order valence-corrected chi connectivity index (χ0v) is 26.5. The number of ether oxygens (including phenoxy) is 1. The van der Waals surface area contributed by atoms with Gasteiger partial charge in [-0.25, -0.2) is 8.78 Å². The number of piperazine rings is 1. The number of thiophene rings is 1. The van der Waals surface area contributed by atoms with Crippen molar-refractivity contribution in [2.75, 3.05) is 50.0 Å². The van der Waals surface area contributed by atoms with Crippen LogP contribution in [0.5, 0.6) is 6.01 Å². The maximum Gasteiger partial charge on any atom is 0.319 e. The Labute approximate surface area is 275 Å². The zero-order valence-electron chi connectivity index (χ0n) is 24.9. The molecular formula is C32H27ClF4N8OS. The Hall–Kier alpha value is -4.03. The highest BCUT2D eigenvalue weighted by Crippen LogP contribution is 2.50. The second-order valence-corrected chi connectivity index (χ2v) is 13.9. The summed E-state index contributed by atoms with van der Waals surface area (Å²) in [6, 6.07) is 1.80. The summed E-state index contributed by atoms with van der Waals surface area (Å²) in [5.74, 6) is -1.14. The van der Waals surface area contributed by atoms with Gasteiger partial charge >= 0.3 is 6.01 Å². The van der Waals surface area contributed by atoms with Gasteiger partial charge in [0.2, 0.25) is 0 Å². The second-order valence-electron chi connectivity index (χ2n) is 12.5. The molecular weight excluding hydrogens is 656 g/mol. The second kappa shape index (κ2) is 11.0. The fourth-order valence-corrected chi connectivity index (χ4v) is 9.06. The first-order valence-corrected chi connectivity index (χ1v) is 16.4. The summed E-state index contributed by atoms with van der Waals surface area (Å²) < 4.78 is 65.6. The van der Waals surface area contributed by atoms with Gasteiger partial charge in [-0.2, -0.15) is 24.0 Å². The number of nitrogens with two attached hydrogens (primary N) is 1. The van der Waals surface area contributed by atoms with Gasteiger partial charge in [0, 0.05) is 48.7 Å². The third-order valence-corrected chi connectivity index (χ3v) is 11.3. The first-order valence-electron chi connectivity index (χ1n) is 15.2. The van der Waals surface area contributed by atoms with E-state index in [4.69, 9.17) is 27.1 Å². The van der Waals surface area contributed by atoms with Crippen LogP contribution in [0.2, 0.25) is 5.02 Å². The molecule has 1 aromatic carbocycles. The minimum Gasteiger partial charge on any atom is -0.461 e. The number of hydrogen-bond acceptors (Lipinski definition) is 10. The molecule has 4 aliphatic rings. The summed E-state index contributed by atoms with van der Waals surface area (Å²) >= 11 is 7.96. The molecule has 0 bridgehead atoms. The molecule has 4 aliphatic heterocycles. The number of benzene rings is 1. The number of pyridine rings is 1. The van der Waals surface area contributed by atoms with Crippen LogP contribution in [0.3, 0.4) is 0 Å². The van der Waals surface area contributed by atoms with Crippen molar-refractivity contribution in [1.82, 2.24) is 25.2 Å². The molecule has 7 heterocycles. The average molecular weight is 683 g/mol. The molecule has 3 N–H and O–H groups in total. The molecule has 9 nitrogen and oxygen atoms in total. The summed E-state index contributed by atoms with van der Waals surface area (Å²) in [6.45, 7) is 7.05. The van der Waals surface area contributed by atoms with Gasteiger partial charge in [0.1, 0.15) is 29.0 Å². The third kappa shape index (κ3) is 4.51. The number of nitriles is 1. The zero-order chi connectivity index (χ0) is 32.8. The molecule has 0 amide bonds. The summed E-state index contributed by atoms with van der Waals surface area (Å²) in [5, 5.41) is 13.8. The maximum atomic E-state index is 17.1. The van der Waals surface area contributed by atoms with E-state index in [1.807, 2.05) is 11.0 Å². The predicted molar refractivity (Wildman–Crippen MR) is 173 cm³/mol. The molecule has 15 heteroatoms. The number of aromatic nitrogens is 3. The normalized spacial score (nSPS) is 22.5. The van der Waals surface area contributed by atoms with Gasteiger partial charge in [-0.3, -0.25) is 9.88 Å². The molecule has 3 aromatic heterocycles. The number of hydrogen-bond donors (Lipinski definition) is 2. The van der Waals surface area contributed by atoms with Crippen molar-refractivity contribution in [3.05, 3.63) is 52.2 Å². The monoisotopic (exact) mass is 682 g/mol. The van der Waals surface area contributed by atoms with Gasteiger partial charge in [0.25, 0.3) is 6.08 Å². The SMILES string of the molecule is C=C1C[C@@H]2CNCCN2c2nc(OCC34CCCN3CC(=C(F)F)C4)nc3c(F)c(-c4ncc(F)c5sc(N)c(C#N)c45)c(Cl)c1c23. The van der Waals surface area contributed by atoms with Crippen LogP contribution in [0.15, 0.2) is 24.4 Å². The molecule has 242 valence electrons. The van der Waals surface area contributed by atoms with E-state index in [0.29, 0.717) is 61.4 Å². The Kier molecular flexibility index (Phi) is 7.10. The third-order valence-electron chi connectivity index (χ3n) is 9.89. The molecule has 3 saturated heterocycles. The number of fused-ring (bicyclic) bond motifs is 4. The fraction of sp³-hybridized carbons (Fsp3) is 0.375. The lowest BCUT2D eigenvalue weighted by Crippen LogP contribution is -2.51. The van der Waals surface area contributed by atoms with Crippen molar-refractivity contribution in [3.63, 3.8) is 0 Å². The van der Waals surface area contributed by atoms with Crippen molar-refractivity contribution < 1.29 is 22.3 Å². The topological polar surface area (TPSA) is 116 Å². The standard InChI is InChI=1S/C32H27ClF4N8OS/c1-14-7-16-10-40-4-6-45(16)30-21-19(14)23(33)22(25-20-17(9-38)29(39)47-27(20)18(34)11-41-25)24(35)26(21)42-31(43-30)46-13-32-3-2-5-44(32)12-15(8-32)28(36)37/h11,16,40H,1-8,10,12-13,39H2/t16-,32?/m1/s1. The van der Waals surface area contributed by atoms with E-state index in [-0.39, 0.29) is 79.6 Å². The van der Waals surface area contributed by atoms with Crippen LogP contribution in [0.4, 0.5) is 28.4 Å². The molecule has 8 rings (SSSR count). The fourth-order valence-electron chi connectivity index (χ4n) is 7.74. The first-order chi connectivity index (χ1) is 22.6. The minimum absolute atomic E-state index is 0.0144. The van der Waals surface area contributed by atoms with Gasteiger partial charge in [-0.1, -0.05) is 18.2 Å². The number of anilines is 2. The molecule has 3 fully saturated rings. The Balaban J connectivity index is 1.35. The largest absolute Gasteiger partial charge is 0.461 e. The Morgan fingerprint density at radius 1 is 1.26 bits per heavy atom. The molecule has 2 atom stereocenters. The minimum atomic E-state index is -1.67. The lowest BCUT2D eigenvalue weighted by Gasteiger charge is -2.36. The summed E-state index contributed by atoms with van der Waals surface area (Å²) in [6.07, 6.45) is 1.44. The summed E-state index contributed by atoms with van der Waals surface area (Å²) in [4.78, 5) is 17.7. The van der Waals surface area contributed by atoms with Crippen molar-refractivity contribution in [2.24, 2.45) is 0 Å². The maximum absolute atomic E-state index is 17.1. The molecule has 4 aromatic rings. The van der Waals surface area contributed by atoms with E-state index < -0.39 is 23.3 Å². The molecule has 0 saturated carbocycles. The quantitative estimate of drug-likeness (QED) is 0.241. The highest BCUT2D eigenvalue weighted by Gasteiger charge is 2.48. The van der Waals surface area contributed by atoms with E-state index in [0.717, 1.165) is 24.0 Å². The smallest absolute Gasteiger partial charge is 0.319 e. The van der Waals surface area contributed by atoms with E-state index in [1.54, 1.807) is 0 Å². The van der Waals surface area contributed by atoms with Crippen molar-refractivity contribution >= 4 is 60.3 Å². The van der Waals surface area contributed by atoms with Crippen LogP contribution in [0, 0.1) is 23.0 Å². The van der Waals surface area contributed by atoms with E-state index >= 15 is 4.39 Å². The predicted octanol–water partition coefficient (Wildman–Crippen LogP) is 6.25. The van der Waals surface area contributed by atoms with Gasteiger partial charge < -0.3 is 20.7 Å². The van der Waals surface area contributed by atoms with E-state index in [2.05, 4.69) is 26.8 Å². The van der Waals surface area contributed by atoms with Crippen molar-refractivity contribution in [3.8, 4) is 23.3 Å². The molecule has 0 radical (unpaired) electrons. The lowest BCUT2D eigenvalue weighted by atomic mass is 9.93. The van der Waals surface area contributed by atoms with E-state index in [9.17, 15) is 18.4 Å². The number of rotatable bonds is 4. The number of nitrogens with zero attached hydrogens (tertiary/aromatic N) is 6. The van der Waals surface area contributed by atoms with Crippen LogP contribution in [-0.4, -0.2) is 70.8 Å². The molecule has 0 aliphatic carbocycles. The highest BCUT2D eigenvalue weighted by molar-refractivity contribution is 7.23. The number of halogens is 5. The summed E-state index contributed by atoms with van der Waals surface area (Å²) in [5.41, 5.74) is 6.22.